The summed E-state index contributed by atoms with van der Waals surface area (Å²) < 4.78 is 0. The summed E-state index contributed by atoms with van der Waals surface area (Å²) >= 11 is 0. The van der Waals surface area contributed by atoms with Gasteiger partial charge in [-0.25, -0.2) is 0 Å². The maximum atomic E-state index is 3.80. The lowest BCUT2D eigenvalue weighted by atomic mass is 9.87. The second-order valence-corrected chi connectivity index (χ2v) is 6.04. The van der Waals surface area contributed by atoms with Crippen LogP contribution in [0.2, 0.25) is 0 Å². The van der Waals surface area contributed by atoms with Gasteiger partial charge in [0, 0.05) is 6.04 Å². The van der Waals surface area contributed by atoms with Crippen molar-refractivity contribution in [3.05, 3.63) is 35.4 Å². The molecule has 2 aliphatic carbocycles. The maximum absolute atomic E-state index is 3.80. The van der Waals surface area contributed by atoms with Crippen molar-refractivity contribution in [1.29, 1.82) is 0 Å². The van der Waals surface area contributed by atoms with Gasteiger partial charge in [-0.05, 0) is 49.3 Å². The summed E-state index contributed by atoms with van der Waals surface area (Å²) in [5.74, 6) is 1.01. The Labute approximate surface area is 111 Å². The smallest absolute Gasteiger partial charge is 0.0323 e. The van der Waals surface area contributed by atoms with Gasteiger partial charge in [0.05, 0.1) is 0 Å². The Kier molecular flexibility index (Phi) is 3.99. The standard InChI is InChI=1S/C17H25N/c1-2-7-14(6-1)12-13-18-17-11-5-9-15-8-3-4-10-16(15)17/h3-4,8,10,14,17-18H,1-2,5-7,9,11-13H2. The third-order valence-electron chi connectivity index (χ3n) is 4.79. The van der Waals surface area contributed by atoms with E-state index < -0.39 is 0 Å². The average molecular weight is 243 g/mol. The van der Waals surface area contributed by atoms with Gasteiger partial charge in [-0.3, -0.25) is 0 Å². The number of fused-ring (bicyclic) bond motifs is 1. The number of nitrogens with one attached hydrogen (secondary N) is 1. The van der Waals surface area contributed by atoms with E-state index in [4.69, 9.17) is 0 Å². The number of hydrogen-bond acceptors (Lipinski definition) is 1. The highest BCUT2D eigenvalue weighted by Gasteiger charge is 2.20. The Hall–Kier alpha value is -0.820. The molecule has 1 aromatic rings. The van der Waals surface area contributed by atoms with E-state index in [1.54, 1.807) is 11.1 Å². The van der Waals surface area contributed by atoms with Crippen molar-refractivity contribution in [1.82, 2.24) is 5.32 Å². The molecule has 1 fully saturated rings. The van der Waals surface area contributed by atoms with Crippen molar-refractivity contribution in [3.63, 3.8) is 0 Å². The third-order valence-corrected chi connectivity index (χ3v) is 4.79. The van der Waals surface area contributed by atoms with Gasteiger partial charge in [0.15, 0.2) is 0 Å². The average Bonchev–Trinajstić information content (AvgIpc) is 2.92. The Morgan fingerprint density at radius 2 is 1.83 bits per heavy atom. The van der Waals surface area contributed by atoms with Crippen LogP contribution < -0.4 is 5.32 Å². The second-order valence-electron chi connectivity index (χ2n) is 6.04. The lowest BCUT2D eigenvalue weighted by Gasteiger charge is -2.27. The topological polar surface area (TPSA) is 12.0 Å². The van der Waals surface area contributed by atoms with Gasteiger partial charge >= 0.3 is 0 Å². The highest BCUT2D eigenvalue weighted by atomic mass is 14.9. The quantitative estimate of drug-likeness (QED) is 0.834. The minimum absolute atomic E-state index is 0.622. The SMILES string of the molecule is c1ccc2c(c1)CCCC2NCCC1CCCC1. The molecule has 2 aliphatic rings. The normalized spacial score (nSPS) is 24.1. The minimum Gasteiger partial charge on any atom is -0.310 e. The van der Waals surface area contributed by atoms with E-state index in [2.05, 4.69) is 29.6 Å². The van der Waals surface area contributed by atoms with Gasteiger partial charge in [-0.1, -0.05) is 49.9 Å². The summed E-state index contributed by atoms with van der Waals surface area (Å²) in [7, 11) is 0. The molecule has 0 heterocycles. The van der Waals surface area contributed by atoms with E-state index in [0.717, 1.165) is 5.92 Å². The molecular weight excluding hydrogens is 218 g/mol. The van der Waals surface area contributed by atoms with Crippen LogP contribution in [0.3, 0.4) is 0 Å². The van der Waals surface area contributed by atoms with E-state index in [1.807, 2.05) is 0 Å². The molecule has 0 amide bonds. The molecule has 1 saturated carbocycles. The van der Waals surface area contributed by atoms with E-state index in [1.165, 1.54) is 57.9 Å². The lowest BCUT2D eigenvalue weighted by Crippen LogP contribution is -2.26. The Bertz CT molecular complexity index is 379. The molecule has 1 N–H and O–H groups in total. The van der Waals surface area contributed by atoms with Crippen molar-refractivity contribution in [2.24, 2.45) is 5.92 Å². The molecule has 18 heavy (non-hydrogen) atoms. The zero-order chi connectivity index (χ0) is 12.2. The number of benzene rings is 1. The molecule has 1 atom stereocenters. The molecule has 0 aromatic heterocycles. The number of aryl methyl sites for hydroxylation is 1. The van der Waals surface area contributed by atoms with E-state index in [-0.39, 0.29) is 0 Å². The fourth-order valence-corrected chi connectivity index (χ4v) is 3.73. The van der Waals surface area contributed by atoms with E-state index in [0.29, 0.717) is 6.04 Å². The zero-order valence-electron chi connectivity index (χ0n) is 11.3. The van der Waals surface area contributed by atoms with Crippen molar-refractivity contribution in [2.45, 2.75) is 57.4 Å². The van der Waals surface area contributed by atoms with Crippen molar-refractivity contribution >= 4 is 0 Å². The summed E-state index contributed by atoms with van der Waals surface area (Å²) in [6.45, 7) is 1.21. The monoisotopic (exact) mass is 243 g/mol. The summed E-state index contributed by atoms with van der Waals surface area (Å²) in [6.07, 6.45) is 11.2. The van der Waals surface area contributed by atoms with Crippen LogP contribution in [0.1, 0.15) is 62.1 Å². The van der Waals surface area contributed by atoms with Crippen LogP contribution in [0.5, 0.6) is 0 Å². The van der Waals surface area contributed by atoms with Crippen LogP contribution in [0.25, 0.3) is 0 Å². The predicted octanol–water partition coefficient (Wildman–Crippen LogP) is 4.23. The summed E-state index contributed by atoms with van der Waals surface area (Å²) in [6, 6.07) is 9.62. The highest BCUT2D eigenvalue weighted by Crippen LogP contribution is 2.30. The first-order chi connectivity index (χ1) is 8.93. The summed E-state index contributed by atoms with van der Waals surface area (Å²) in [4.78, 5) is 0. The first-order valence-corrected chi connectivity index (χ1v) is 7.74. The maximum Gasteiger partial charge on any atom is 0.0323 e. The zero-order valence-corrected chi connectivity index (χ0v) is 11.3. The summed E-state index contributed by atoms with van der Waals surface area (Å²) in [5.41, 5.74) is 3.14. The molecule has 0 spiro atoms. The van der Waals surface area contributed by atoms with Gasteiger partial charge in [-0.15, -0.1) is 0 Å². The van der Waals surface area contributed by atoms with Crippen LogP contribution in [0.15, 0.2) is 24.3 Å². The Balaban J connectivity index is 1.54. The van der Waals surface area contributed by atoms with Gasteiger partial charge in [0.1, 0.15) is 0 Å². The molecule has 3 rings (SSSR count). The molecule has 1 unspecified atom stereocenters. The second kappa shape index (κ2) is 5.88. The van der Waals surface area contributed by atoms with Crippen molar-refractivity contribution < 1.29 is 0 Å². The molecule has 0 bridgehead atoms. The number of hydrogen-bond donors (Lipinski definition) is 1. The molecule has 1 nitrogen and oxygen atoms in total. The lowest BCUT2D eigenvalue weighted by molar-refractivity contribution is 0.415. The molecule has 0 saturated heterocycles. The van der Waals surface area contributed by atoms with E-state index >= 15 is 0 Å². The minimum atomic E-state index is 0.622. The van der Waals surface area contributed by atoms with Gasteiger partial charge in [0.2, 0.25) is 0 Å². The van der Waals surface area contributed by atoms with Crippen LogP contribution in [0.4, 0.5) is 0 Å². The Morgan fingerprint density at radius 1 is 1.00 bits per heavy atom. The molecule has 0 aliphatic heterocycles. The van der Waals surface area contributed by atoms with Crippen LogP contribution in [0, 0.1) is 5.92 Å². The highest BCUT2D eigenvalue weighted by molar-refractivity contribution is 5.32. The first-order valence-electron chi connectivity index (χ1n) is 7.74. The van der Waals surface area contributed by atoms with Crippen LogP contribution in [-0.2, 0) is 6.42 Å². The molecule has 0 radical (unpaired) electrons. The summed E-state index contributed by atoms with van der Waals surface area (Å²) in [5, 5.41) is 3.80. The van der Waals surface area contributed by atoms with Gasteiger partial charge < -0.3 is 5.32 Å². The van der Waals surface area contributed by atoms with Crippen molar-refractivity contribution in [3.8, 4) is 0 Å². The third kappa shape index (κ3) is 2.77. The largest absolute Gasteiger partial charge is 0.310 e. The molecule has 98 valence electrons. The molecule has 1 aromatic carbocycles. The van der Waals surface area contributed by atoms with Crippen molar-refractivity contribution in [2.75, 3.05) is 6.54 Å². The number of rotatable bonds is 4. The van der Waals surface area contributed by atoms with Crippen LogP contribution >= 0.6 is 0 Å². The first kappa shape index (κ1) is 12.2. The Morgan fingerprint density at radius 3 is 2.72 bits per heavy atom. The fourth-order valence-electron chi connectivity index (χ4n) is 3.73. The molecule has 1 heteroatoms. The van der Waals surface area contributed by atoms with Gasteiger partial charge in [-0.2, -0.15) is 0 Å². The predicted molar refractivity (Wildman–Crippen MR) is 76.7 cm³/mol. The van der Waals surface area contributed by atoms with E-state index in [9.17, 15) is 0 Å². The molecular formula is C17H25N. The van der Waals surface area contributed by atoms with Crippen LogP contribution in [-0.4, -0.2) is 6.54 Å². The van der Waals surface area contributed by atoms with Gasteiger partial charge in [0.25, 0.3) is 0 Å². The fraction of sp³-hybridized carbons (Fsp3) is 0.647.